The molecular formula is C17H18ClNO2. The van der Waals surface area contributed by atoms with Gasteiger partial charge in [0.15, 0.2) is 0 Å². The summed E-state index contributed by atoms with van der Waals surface area (Å²) in [4.78, 5) is 11.9. The minimum absolute atomic E-state index is 0.0281. The molecule has 0 atom stereocenters. The summed E-state index contributed by atoms with van der Waals surface area (Å²) < 4.78 is 5.65. The SMILES string of the molecule is O=C(/C=C/C1=Cc2cc(Cl)ccc2OC1)NC1CCCC1. The van der Waals surface area contributed by atoms with Gasteiger partial charge in [0.2, 0.25) is 5.91 Å². The molecule has 1 aliphatic heterocycles. The molecule has 4 heteroatoms. The number of hydrogen-bond acceptors (Lipinski definition) is 2. The summed E-state index contributed by atoms with van der Waals surface area (Å²) in [5.74, 6) is 0.798. The summed E-state index contributed by atoms with van der Waals surface area (Å²) >= 11 is 5.98. The molecule has 1 N–H and O–H groups in total. The van der Waals surface area contributed by atoms with Gasteiger partial charge in [-0.3, -0.25) is 4.79 Å². The van der Waals surface area contributed by atoms with E-state index in [2.05, 4.69) is 5.32 Å². The Bertz CT molecular complexity index is 601. The first-order valence-electron chi connectivity index (χ1n) is 7.32. The minimum atomic E-state index is -0.0281. The molecule has 2 aliphatic rings. The van der Waals surface area contributed by atoms with E-state index in [4.69, 9.17) is 16.3 Å². The van der Waals surface area contributed by atoms with E-state index in [1.807, 2.05) is 30.4 Å². The molecule has 0 unspecified atom stereocenters. The molecule has 3 nitrogen and oxygen atoms in total. The molecule has 1 heterocycles. The van der Waals surface area contributed by atoms with E-state index in [-0.39, 0.29) is 5.91 Å². The van der Waals surface area contributed by atoms with Crippen molar-refractivity contribution in [2.24, 2.45) is 0 Å². The summed E-state index contributed by atoms with van der Waals surface area (Å²) in [6.45, 7) is 0.474. The Labute approximate surface area is 129 Å². The Morgan fingerprint density at radius 2 is 2.14 bits per heavy atom. The van der Waals surface area contributed by atoms with Crippen LogP contribution in [0, 0.1) is 0 Å². The summed E-state index contributed by atoms with van der Waals surface area (Å²) in [7, 11) is 0. The zero-order chi connectivity index (χ0) is 14.7. The maximum absolute atomic E-state index is 11.9. The molecule has 1 amide bonds. The molecule has 21 heavy (non-hydrogen) atoms. The van der Waals surface area contributed by atoms with Crippen LogP contribution in [0.5, 0.6) is 5.75 Å². The molecule has 110 valence electrons. The second kappa shape index (κ2) is 6.35. The predicted octanol–water partition coefficient (Wildman–Crippen LogP) is 3.73. The zero-order valence-electron chi connectivity index (χ0n) is 11.8. The third-order valence-electron chi connectivity index (χ3n) is 3.86. The van der Waals surface area contributed by atoms with E-state index < -0.39 is 0 Å². The van der Waals surface area contributed by atoms with Crippen LogP contribution < -0.4 is 10.1 Å². The summed E-state index contributed by atoms with van der Waals surface area (Å²) in [6, 6.07) is 5.88. The first kappa shape index (κ1) is 14.2. The number of ether oxygens (including phenoxy) is 1. The number of halogens is 1. The Kier molecular flexibility index (Phi) is 4.30. The molecule has 0 radical (unpaired) electrons. The van der Waals surface area contributed by atoms with Crippen LogP contribution in [0.25, 0.3) is 6.08 Å². The van der Waals surface area contributed by atoms with Crippen molar-refractivity contribution in [2.45, 2.75) is 31.7 Å². The van der Waals surface area contributed by atoms with E-state index in [0.29, 0.717) is 17.7 Å². The molecule has 0 saturated heterocycles. The van der Waals surface area contributed by atoms with Crippen molar-refractivity contribution in [1.82, 2.24) is 5.32 Å². The number of fused-ring (bicyclic) bond motifs is 1. The average Bonchev–Trinajstić information content (AvgIpc) is 2.97. The molecule has 3 rings (SSSR count). The van der Waals surface area contributed by atoms with Crippen molar-refractivity contribution >= 4 is 23.6 Å². The Morgan fingerprint density at radius 1 is 1.33 bits per heavy atom. The van der Waals surface area contributed by atoms with Crippen LogP contribution in [-0.2, 0) is 4.79 Å². The minimum Gasteiger partial charge on any atom is -0.488 e. The Balaban J connectivity index is 1.64. The fraction of sp³-hybridized carbons (Fsp3) is 0.353. The summed E-state index contributed by atoms with van der Waals surface area (Å²) in [5, 5.41) is 3.71. The van der Waals surface area contributed by atoms with Crippen LogP contribution >= 0.6 is 11.6 Å². The van der Waals surface area contributed by atoms with Gasteiger partial charge in [0.1, 0.15) is 12.4 Å². The number of hydrogen-bond donors (Lipinski definition) is 1. The van der Waals surface area contributed by atoms with Crippen LogP contribution in [0.2, 0.25) is 5.02 Å². The number of carbonyl (C=O) groups is 1. The van der Waals surface area contributed by atoms with Gasteiger partial charge in [-0.2, -0.15) is 0 Å². The lowest BCUT2D eigenvalue weighted by Gasteiger charge is -2.16. The van der Waals surface area contributed by atoms with E-state index in [1.165, 1.54) is 12.8 Å². The quantitative estimate of drug-likeness (QED) is 0.864. The number of rotatable bonds is 3. The van der Waals surface area contributed by atoms with Crippen LogP contribution in [0.1, 0.15) is 31.2 Å². The zero-order valence-corrected chi connectivity index (χ0v) is 12.5. The third kappa shape index (κ3) is 3.67. The topological polar surface area (TPSA) is 38.3 Å². The van der Waals surface area contributed by atoms with Crippen molar-refractivity contribution in [2.75, 3.05) is 6.61 Å². The fourth-order valence-corrected chi connectivity index (χ4v) is 2.94. The van der Waals surface area contributed by atoms with Gasteiger partial charge in [0, 0.05) is 22.7 Å². The second-order valence-corrected chi connectivity index (χ2v) is 5.95. The molecule has 1 fully saturated rings. The first-order valence-corrected chi connectivity index (χ1v) is 7.70. The van der Waals surface area contributed by atoms with Crippen LogP contribution in [0.15, 0.2) is 35.9 Å². The molecule has 1 aromatic rings. The third-order valence-corrected chi connectivity index (χ3v) is 4.09. The predicted molar refractivity (Wildman–Crippen MR) is 84.5 cm³/mol. The van der Waals surface area contributed by atoms with E-state index in [1.54, 1.807) is 6.08 Å². The Hall–Kier alpha value is -1.74. The van der Waals surface area contributed by atoms with Gasteiger partial charge in [0.25, 0.3) is 0 Å². The van der Waals surface area contributed by atoms with Gasteiger partial charge in [-0.25, -0.2) is 0 Å². The monoisotopic (exact) mass is 303 g/mol. The maximum Gasteiger partial charge on any atom is 0.244 e. The standard InChI is InChI=1S/C17H18ClNO2/c18-14-6-7-16-13(10-14)9-12(11-21-16)5-8-17(20)19-15-3-1-2-4-15/h5-10,15H,1-4,11H2,(H,19,20)/b8-5+. The highest BCUT2D eigenvalue weighted by Gasteiger charge is 2.16. The lowest BCUT2D eigenvalue weighted by Crippen LogP contribution is -2.31. The fourth-order valence-electron chi connectivity index (χ4n) is 2.76. The first-order chi connectivity index (χ1) is 10.2. The molecule has 0 bridgehead atoms. The van der Waals surface area contributed by atoms with Crippen LogP contribution in [-0.4, -0.2) is 18.6 Å². The summed E-state index contributed by atoms with van der Waals surface area (Å²) in [6.07, 6.45) is 10.0. The highest BCUT2D eigenvalue weighted by molar-refractivity contribution is 6.30. The summed E-state index contributed by atoms with van der Waals surface area (Å²) in [5.41, 5.74) is 1.91. The van der Waals surface area contributed by atoms with Crippen molar-refractivity contribution in [3.05, 3.63) is 46.5 Å². The van der Waals surface area contributed by atoms with Gasteiger partial charge in [-0.15, -0.1) is 0 Å². The number of nitrogens with one attached hydrogen (secondary N) is 1. The van der Waals surface area contributed by atoms with Gasteiger partial charge in [-0.1, -0.05) is 30.5 Å². The lowest BCUT2D eigenvalue weighted by atomic mass is 10.1. The molecule has 1 aliphatic carbocycles. The second-order valence-electron chi connectivity index (χ2n) is 5.51. The highest BCUT2D eigenvalue weighted by Crippen LogP contribution is 2.29. The lowest BCUT2D eigenvalue weighted by molar-refractivity contribution is -0.117. The largest absolute Gasteiger partial charge is 0.488 e. The van der Waals surface area contributed by atoms with Gasteiger partial charge < -0.3 is 10.1 Å². The highest BCUT2D eigenvalue weighted by atomic mass is 35.5. The Morgan fingerprint density at radius 3 is 2.95 bits per heavy atom. The number of carbonyl (C=O) groups excluding carboxylic acids is 1. The van der Waals surface area contributed by atoms with Gasteiger partial charge in [0.05, 0.1) is 0 Å². The average molecular weight is 304 g/mol. The van der Waals surface area contributed by atoms with E-state index in [9.17, 15) is 4.79 Å². The van der Waals surface area contributed by atoms with Crippen LogP contribution in [0.4, 0.5) is 0 Å². The maximum atomic E-state index is 11.9. The van der Waals surface area contributed by atoms with Crippen molar-refractivity contribution in [3.8, 4) is 5.75 Å². The van der Waals surface area contributed by atoms with Crippen LogP contribution in [0.3, 0.4) is 0 Å². The van der Waals surface area contributed by atoms with E-state index >= 15 is 0 Å². The molecule has 1 saturated carbocycles. The normalized spacial score (nSPS) is 18.2. The van der Waals surface area contributed by atoms with Gasteiger partial charge in [-0.05, 0) is 42.7 Å². The molecule has 1 aromatic carbocycles. The number of amides is 1. The molecular weight excluding hydrogens is 286 g/mol. The smallest absolute Gasteiger partial charge is 0.244 e. The molecule has 0 aromatic heterocycles. The number of benzene rings is 1. The van der Waals surface area contributed by atoms with Crippen molar-refractivity contribution < 1.29 is 9.53 Å². The van der Waals surface area contributed by atoms with E-state index in [0.717, 1.165) is 29.7 Å². The van der Waals surface area contributed by atoms with Gasteiger partial charge >= 0.3 is 0 Å². The molecule has 0 spiro atoms. The van der Waals surface area contributed by atoms with Crippen molar-refractivity contribution in [1.29, 1.82) is 0 Å². The van der Waals surface area contributed by atoms with Crippen molar-refractivity contribution in [3.63, 3.8) is 0 Å².